The van der Waals surface area contributed by atoms with E-state index < -0.39 is 17.9 Å². The topological polar surface area (TPSA) is 71.1 Å². The summed E-state index contributed by atoms with van der Waals surface area (Å²) >= 11 is 0. The van der Waals surface area contributed by atoms with Crippen LogP contribution in [0.25, 0.3) is 0 Å². The highest BCUT2D eigenvalue weighted by atomic mass is 19.3. The van der Waals surface area contributed by atoms with Gasteiger partial charge in [0.25, 0.3) is 0 Å². The van der Waals surface area contributed by atoms with Crippen molar-refractivity contribution in [2.75, 3.05) is 19.7 Å². The molecule has 1 aliphatic heterocycles. The van der Waals surface area contributed by atoms with E-state index in [1.54, 1.807) is 4.90 Å². The summed E-state index contributed by atoms with van der Waals surface area (Å²) in [5.74, 6) is -2.21. The number of aromatic nitrogens is 3. The maximum Gasteiger partial charge on any atom is 0.248 e. The zero-order valence-corrected chi connectivity index (χ0v) is 13.2. The minimum absolute atomic E-state index is 0.112. The van der Waals surface area contributed by atoms with Gasteiger partial charge in [0.05, 0.1) is 13.2 Å². The van der Waals surface area contributed by atoms with Crippen molar-refractivity contribution in [2.45, 2.75) is 51.1 Å². The molecule has 1 N–H and O–H groups in total. The molecule has 1 saturated carbocycles. The van der Waals surface area contributed by atoms with E-state index in [4.69, 9.17) is 4.74 Å². The molecule has 128 valence electrons. The summed E-state index contributed by atoms with van der Waals surface area (Å²) in [6.07, 6.45) is 0.830. The fourth-order valence-corrected chi connectivity index (χ4v) is 3.26. The Morgan fingerprint density at radius 3 is 3.04 bits per heavy atom. The number of morpholine rings is 1. The van der Waals surface area contributed by atoms with Crippen molar-refractivity contribution in [1.82, 2.24) is 20.1 Å². The van der Waals surface area contributed by atoms with Crippen molar-refractivity contribution in [3.05, 3.63) is 11.6 Å². The Labute approximate surface area is 133 Å². The molecule has 2 fully saturated rings. The molecule has 2 atom stereocenters. The molecule has 2 unspecified atom stereocenters. The number of nitrogens with one attached hydrogen (secondary N) is 1. The monoisotopic (exact) mass is 328 g/mol. The van der Waals surface area contributed by atoms with Gasteiger partial charge >= 0.3 is 0 Å². The maximum atomic E-state index is 13.5. The molecule has 2 heterocycles. The average molecular weight is 328 g/mol. The van der Waals surface area contributed by atoms with Crippen LogP contribution < -0.4 is 0 Å². The number of aryl methyl sites for hydroxylation is 1. The zero-order valence-electron chi connectivity index (χ0n) is 13.2. The quantitative estimate of drug-likeness (QED) is 0.922. The van der Waals surface area contributed by atoms with Gasteiger partial charge in [0.15, 0.2) is 5.82 Å². The van der Waals surface area contributed by atoms with Gasteiger partial charge in [-0.1, -0.05) is 6.92 Å². The lowest BCUT2D eigenvalue weighted by molar-refractivity contribution is -0.150. The molecule has 8 heteroatoms. The van der Waals surface area contributed by atoms with Gasteiger partial charge < -0.3 is 9.64 Å². The summed E-state index contributed by atoms with van der Waals surface area (Å²) in [6.45, 7) is 3.09. The normalized spacial score (nSPS) is 27.9. The van der Waals surface area contributed by atoms with Crippen molar-refractivity contribution < 1.29 is 18.3 Å². The smallest absolute Gasteiger partial charge is 0.248 e. The third kappa shape index (κ3) is 3.68. The Hall–Kier alpha value is -1.57. The summed E-state index contributed by atoms with van der Waals surface area (Å²) in [4.78, 5) is 18.5. The number of halogens is 2. The fraction of sp³-hybridized carbons (Fsp3) is 0.800. The summed E-state index contributed by atoms with van der Waals surface area (Å²) in [5.41, 5.74) is 0. The highest BCUT2D eigenvalue weighted by molar-refractivity contribution is 5.79. The fourth-order valence-electron chi connectivity index (χ4n) is 3.26. The van der Waals surface area contributed by atoms with Gasteiger partial charge in [0.1, 0.15) is 11.9 Å². The molecule has 0 radical (unpaired) electrons. The van der Waals surface area contributed by atoms with E-state index in [0.717, 1.165) is 12.2 Å². The van der Waals surface area contributed by atoms with Gasteiger partial charge in [0.2, 0.25) is 11.8 Å². The van der Waals surface area contributed by atoms with Crippen LogP contribution in [-0.2, 0) is 16.0 Å². The van der Waals surface area contributed by atoms with Gasteiger partial charge in [-0.2, -0.15) is 5.10 Å². The van der Waals surface area contributed by atoms with E-state index in [1.165, 1.54) is 0 Å². The number of rotatable bonds is 3. The Morgan fingerprint density at radius 2 is 2.35 bits per heavy atom. The predicted molar refractivity (Wildman–Crippen MR) is 77.9 cm³/mol. The SMILES string of the molecule is CCc1nc(C2CN(C(=O)C3CCCC(F)(F)C3)CCO2)n[nH]1. The molecule has 1 aliphatic carbocycles. The molecular weight excluding hydrogens is 306 g/mol. The van der Waals surface area contributed by atoms with E-state index in [0.29, 0.717) is 38.4 Å². The van der Waals surface area contributed by atoms with E-state index in [9.17, 15) is 13.6 Å². The number of alkyl halides is 2. The molecule has 1 amide bonds. The summed E-state index contributed by atoms with van der Waals surface area (Å²) in [6, 6.07) is 0. The van der Waals surface area contributed by atoms with Crippen molar-refractivity contribution in [2.24, 2.45) is 5.92 Å². The second kappa shape index (κ2) is 6.51. The van der Waals surface area contributed by atoms with Gasteiger partial charge in [-0.15, -0.1) is 0 Å². The van der Waals surface area contributed by atoms with Crippen LogP contribution in [0.15, 0.2) is 0 Å². The lowest BCUT2D eigenvalue weighted by atomic mass is 9.85. The van der Waals surface area contributed by atoms with Crippen LogP contribution >= 0.6 is 0 Å². The van der Waals surface area contributed by atoms with Crippen LogP contribution in [0, 0.1) is 5.92 Å². The second-order valence-corrected chi connectivity index (χ2v) is 6.29. The molecule has 0 spiro atoms. The number of ether oxygens (including phenoxy) is 1. The largest absolute Gasteiger partial charge is 0.366 e. The first-order chi connectivity index (χ1) is 11.0. The van der Waals surface area contributed by atoms with Crippen LogP contribution in [0.1, 0.15) is 50.4 Å². The molecule has 1 aromatic heterocycles. The van der Waals surface area contributed by atoms with Gasteiger partial charge in [-0.25, -0.2) is 13.8 Å². The number of carbonyl (C=O) groups is 1. The first-order valence-electron chi connectivity index (χ1n) is 8.18. The third-order valence-corrected chi connectivity index (χ3v) is 4.54. The lowest BCUT2D eigenvalue weighted by Gasteiger charge is -2.36. The van der Waals surface area contributed by atoms with Crippen molar-refractivity contribution >= 4 is 5.91 Å². The minimum atomic E-state index is -2.72. The summed E-state index contributed by atoms with van der Waals surface area (Å²) in [5, 5.41) is 6.95. The number of hydrogen-bond acceptors (Lipinski definition) is 4. The lowest BCUT2D eigenvalue weighted by Crippen LogP contribution is -2.47. The zero-order chi connectivity index (χ0) is 16.4. The molecule has 23 heavy (non-hydrogen) atoms. The second-order valence-electron chi connectivity index (χ2n) is 6.29. The maximum absolute atomic E-state index is 13.5. The third-order valence-electron chi connectivity index (χ3n) is 4.54. The number of H-pyrrole nitrogens is 1. The van der Waals surface area contributed by atoms with Gasteiger partial charge in [-0.05, 0) is 12.8 Å². The Bertz CT molecular complexity index is 563. The standard InChI is InChI=1S/C15H22F2N4O2/c1-2-12-18-13(20-19-12)11-9-21(6-7-23-11)14(22)10-4-3-5-15(16,17)8-10/h10-11H,2-9H2,1H3,(H,18,19,20). The molecule has 1 aromatic rings. The van der Waals surface area contributed by atoms with Crippen LogP contribution in [0.2, 0.25) is 0 Å². The van der Waals surface area contributed by atoms with Gasteiger partial charge in [0, 0.05) is 31.7 Å². The Morgan fingerprint density at radius 1 is 1.52 bits per heavy atom. The van der Waals surface area contributed by atoms with Crippen molar-refractivity contribution in [3.63, 3.8) is 0 Å². The average Bonchev–Trinajstić information content (AvgIpc) is 3.02. The Kier molecular flexibility index (Phi) is 4.61. The highest BCUT2D eigenvalue weighted by Crippen LogP contribution is 2.37. The number of carbonyl (C=O) groups excluding carboxylic acids is 1. The number of amides is 1. The van der Waals surface area contributed by atoms with E-state index >= 15 is 0 Å². The highest BCUT2D eigenvalue weighted by Gasteiger charge is 2.41. The summed E-state index contributed by atoms with van der Waals surface area (Å²) < 4.78 is 32.7. The summed E-state index contributed by atoms with van der Waals surface area (Å²) in [7, 11) is 0. The Balaban J connectivity index is 1.64. The minimum Gasteiger partial charge on any atom is -0.366 e. The van der Waals surface area contributed by atoms with Crippen LogP contribution in [-0.4, -0.2) is 51.6 Å². The van der Waals surface area contributed by atoms with E-state index in [-0.39, 0.29) is 18.7 Å². The van der Waals surface area contributed by atoms with Crippen molar-refractivity contribution in [3.8, 4) is 0 Å². The predicted octanol–water partition coefficient (Wildman–Crippen LogP) is 2.09. The molecule has 0 aromatic carbocycles. The van der Waals surface area contributed by atoms with Crippen LogP contribution in [0.3, 0.4) is 0 Å². The van der Waals surface area contributed by atoms with Gasteiger partial charge in [-0.3, -0.25) is 9.89 Å². The van der Waals surface area contributed by atoms with E-state index in [2.05, 4.69) is 15.2 Å². The molecule has 0 bridgehead atoms. The molecule has 6 nitrogen and oxygen atoms in total. The van der Waals surface area contributed by atoms with Crippen molar-refractivity contribution in [1.29, 1.82) is 0 Å². The van der Waals surface area contributed by atoms with Crippen LogP contribution in [0.5, 0.6) is 0 Å². The van der Waals surface area contributed by atoms with Crippen LogP contribution in [0.4, 0.5) is 8.78 Å². The first kappa shape index (κ1) is 16.3. The molecular formula is C15H22F2N4O2. The number of nitrogens with zero attached hydrogens (tertiary/aromatic N) is 3. The molecule has 2 aliphatic rings. The van der Waals surface area contributed by atoms with E-state index in [1.807, 2.05) is 6.92 Å². The number of aromatic amines is 1. The number of hydrogen-bond donors (Lipinski definition) is 1. The first-order valence-corrected chi connectivity index (χ1v) is 8.18. The molecule has 1 saturated heterocycles. The molecule has 3 rings (SSSR count).